The van der Waals surface area contributed by atoms with E-state index in [1.807, 2.05) is 0 Å². The zero-order valence-electron chi connectivity index (χ0n) is 32.2. The van der Waals surface area contributed by atoms with Gasteiger partial charge < -0.3 is 4.57 Å². The van der Waals surface area contributed by atoms with Crippen LogP contribution in [0, 0.1) is 0 Å². The van der Waals surface area contributed by atoms with Crippen LogP contribution >= 0.6 is 0 Å². The molecule has 2 nitrogen and oxygen atoms in total. The van der Waals surface area contributed by atoms with Crippen LogP contribution in [0.25, 0.3) is 115 Å². The summed E-state index contributed by atoms with van der Waals surface area (Å²) < 4.78 is 2.41. The molecule has 59 heavy (non-hydrogen) atoms. The minimum Gasteiger partial charge on any atom is -0.309 e. The summed E-state index contributed by atoms with van der Waals surface area (Å²) in [6, 6.07) is 79.4. The molecular formula is C57H36N2. The van der Waals surface area contributed by atoms with Gasteiger partial charge in [0.25, 0.3) is 0 Å². The van der Waals surface area contributed by atoms with Crippen LogP contribution in [0.4, 0.5) is 0 Å². The lowest BCUT2D eigenvalue weighted by atomic mass is 9.88. The van der Waals surface area contributed by atoms with Gasteiger partial charge in [-0.15, -0.1) is 0 Å². The van der Waals surface area contributed by atoms with E-state index in [9.17, 15) is 0 Å². The highest BCUT2D eigenvalue weighted by Gasteiger charge is 2.18. The predicted octanol–water partition coefficient (Wildman–Crippen LogP) is 15.5. The number of rotatable bonds is 5. The second-order valence-electron chi connectivity index (χ2n) is 15.5. The fraction of sp³-hybridized carbons (Fsp3) is 0. The molecular weight excluding hydrogens is 713 g/mol. The van der Waals surface area contributed by atoms with E-state index in [0.717, 1.165) is 28.1 Å². The lowest BCUT2D eigenvalue weighted by molar-refractivity contribution is 1.19. The van der Waals surface area contributed by atoms with Crippen molar-refractivity contribution in [3.05, 3.63) is 218 Å². The van der Waals surface area contributed by atoms with Crippen LogP contribution in [0.5, 0.6) is 0 Å². The Bertz CT molecular complexity index is 3540. The lowest BCUT2D eigenvalue weighted by Gasteiger charge is -2.16. The Balaban J connectivity index is 1.07. The van der Waals surface area contributed by atoms with Gasteiger partial charge in [0.1, 0.15) is 0 Å². The largest absolute Gasteiger partial charge is 0.309 e. The molecule has 0 spiro atoms. The van der Waals surface area contributed by atoms with Crippen molar-refractivity contribution in [1.29, 1.82) is 0 Å². The Morgan fingerprint density at radius 1 is 0.288 bits per heavy atom. The molecule has 0 amide bonds. The quantitative estimate of drug-likeness (QED) is 0.160. The zero-order valence-corrected chi connectivity index (χ0v) is 32.2. The molecule has 0 saturated carbocycles. The fourth-order valence-electron chi connectivity index (χ4n) is 9.37. The van der Waals surface area contributed by atoms with Crippen LogP contribution in [0.15, 0.2) is 218 Å². The van der Waals surface area contributed by atoms with Crippen molar-refractivity contribution in [1.82, 2.24) is 9.55 Å². The Labute approximate surface area is 341 Å². The Hall–Kier alpha value is -7.81. The van der Waals surface area contributed by atoms with Gasteiger partial charge in [0, 0.05) is 27.6 Å². The van der Waals surface area contributed by atoms with E-state index in [1.54, 1.807) is 0 Å². The van der Waals surface area contributed by atoms with E-state index in [-0.39, 0.29) is 0 Å². The van der Waals surface area contributed by atoms with E-state index in [1.165, 1.54) is 87.3 Å². The molecule has 12 aromatic rings. The number of pyridine rings is 1. The second-order valence-corrected chi connectivity index (χ2v) is 15.5. The van der Waals surface area contributed by atoms with Crippen molar-refractivity contribution in [3.63, 3.8) is 0 Å². The molecule has 0 aliphatic heterocycles. The van der Waals surface area contributed by atoms with E-state index < -0.39 is 0 Å². The maximum Gasteiger partial charge on any atom is 0.0722 e. The summed E-state index contributed by atoms with van der Waals surface area (Å²) in [6.45, 7) is 0. The number of aromatic nitrogens is 2. The van der Waals surface area contributed by atoms with E-state index >= 15 is 0 Å². The van der Waals surface area contributed by atoms with Gasteiger partial charge in [-0.05, 0) is 114 Å². The van der Waals surface area contributed by atoms with Gasteiger partial charge in [0.15, 0.2) is 0 Å². The van der Waals surface area contributed by atoms with Crippen molar-refractivity contribution in [2.24, 2.45) is 0 Å². The molecule has 0 fully saturated rings. The van der Waals surface area contributed by atoms with E-state index in [4.69, 9.17) is 4.98 Å². The Morgan fingerprint density at radius 2 is 0.881 bits per heavy atom. The topological polar surface area (TPSA) is 17.8 Å². The predicted molar refractivity (Wildman–Crippen MR) is 250 cm³/mol. The second kappa shape index (κ2) is 13.4. The van der Waals surface area contributed by atoms with Crippen molar-refractivity contribution >= 4 is 64.9 Å². The summed E-state index contributed by atoms with van der Waals surface area (Å²) in [4.78, 5) is 5.39. The summed E-state index contributed by atoms with van der Waals surface area (Å²) >= 11 is 0. The minimum atomic E-state index is 0.962. The normalized spacial score (nSPS) is 11.7. The standard InChI is InChI=1S/C57H36N2/c1-3-14-37(15-4-1)43-35-53(39-17-5-2-6-18-39)58-54(36-43)50-24-13-23-48-45-20-9-10-21-46(45)51-33-41(27-30-49(51)57(48)50)42-28-31-56-52(34-42)47-22-11-12-25-55(47)59(56)44-29-26-38-16-7-8-19-40(38)32-44/h1-36H. The van der Waals surface area contributed by atoms with Gasteiger partial charge in [-0.1, -0.05) is 170 Å². The summed E-state index contributed by atoms with van der Waals surface area (Å²) in [7, 11) is 0. The van der Waals surface area contributed by atoms with Crippen LogP contribution < -0.4 is 0 Å². The molecule has 2 heteroatoms. The third-order valence-corrected chi connectivity index (χ3v) is 12.1. The first kappa shape index (κ1) is 33.3. The van der Waals surface area contributed by atoms with Crippen LogP contribution in [0.1, 0.15) is 0 Å². The summed E-state index contributed by atoms with van der Waals surface area (Å²) in [5.74, 6) is 0. The molecule has 0 N–H and O–H groups in total. The Kier molecular flexibility index (Phi) is 7.57. The number of benzene rings is 10. The van der Waals surface area contributed by atoms with E-state index in [0.29, 0.717) is 0 Å². The van der Waals surface area contributed by atoms with Gasteiger partial charge in [0.05, 0.1) is 22.4 Å². The first-order valence-corrected chi connectivity index (χ1v) is 20.3. The van der Waals surface area contributed by atoms with Crippen LogP contribution in [0.3, 0.4) is 0 Å². The molecule has 2 aromatic heterocycles. The summed E-state index contributed by atoms with van der Waals surface area (Å²) in [5.41, 5.74) is 12.4. The van der Waals surface area contributed by atoms with Crippen LogP contribution in [-0.4, -0.2) is 9.55 Å². The molecule has 274 valence electrons. The maximum absolute atomic E-state index is 5.39. The first-order chi connectivity index (χ1) is 29.2. The molecule has 0 aliphatic rings. The highest BCUT2D eigenvalue weighted by atomic mass is 15.0. The lowest BCUT2D eigenvalue weighted by Crippen LogP contribution is -1.94. The van der Waals surface area contributed by atoms with Crippen LogP contribution in [0.2, 0.25) is 0 Å². The number of fused-ring (bicyclic) bond motifs is 10. The number of hydrogen-bond acceptors (Lipinski definition) is 1. The summed E-state index contributed by atoms with van der Waals surface area (Å²) in [6.07, 6.45) is 0. The van der Waals surface area contributed by atoms with Crippen molar-refractivity contribution in [2.45, 2.75) is 0 Å². The van der Waals surface area contributed by atoms with Gasteiger partial charge in [-0.2, -0.15) is 0 Å². The maximum atomic E-state index is 5.39. The summed E-state index contributed by atoms with van der Waals surface area (Å²) in [5, 5.41) is 12.4. The third kappa shape index (κ3) is 5.45. The third-order valence-electron chi connectivity index (χ3n) is 12.1. The van der Waals surface area contributed by atoms with E-state index in [2.05, 4.69) is 223 Å². The van der Waals surface area contributed by atoms with Gasteiger partial charge >= 0.3 is 0 Å². The van der Waals surface area contributed by atoms with Gasteiger partial charge in [-0.3, -0.25) is 0 Å². The SMILES string of the molecule is c1ccc(-c2cc(-c3ccccc3)nc(-c3cccc4c5ccccc5c5cc(-c6ccc7c(c6)c6ccccc6n7-c6ccc7ccccc7c6)ccc5c34)c2)cc1. The average molecular weight is 749 g/mol. The van der Waals surface area contributed by atoms with Crippen molar-refractivity contribution in [2.75, 3.05) is 0 Å². The van der Waals surface area contributed by atoms with Crippen LogP contribution in [-0.2, 0) is 0 Å². The molecule has 10 aromatic carbocycles. The fourth-order valence-corrected chi connectivity index (χ4v) is 9.37. The molecule has 0 radical (unpaired) electrons. The number of hydrogen-bond donors (Lipinski definition) is 0. The van der Waals surface area contributed by atoms with Gasteiger partial charge in [-0.25, -0.2) is 4.98 Å². The average Bonchev–Trinajstić information content (AvgIpc) is 3.65. The van der Waals surface area contributed by atoms with Crippen molar-refractivity contribution < 1.29 is 0 Å². The Morgan fingerprint density at radius 3 is 1.69 bits per heavy atom. The molecule has 0 atom stereocenters. The highest BCUT2D eigenvalue weighted by Crippen LogP contribution is 2.43. The first-order valence-electron chi connectivity index (χ1n) is 20.3. The smallest absolute Gasteiger partial charge is 0.0722 e. The number of para-hydroxylation sites is 1. The molecule has 0 unspecified atom stereocenters. The molecule has 2 heterocycles. The van der Waals surface area contributed by atoms with Gasteiger partial charge in [0.2, 0.25) is 0 Å². The monoisotopic (exact) mass is 748 g/mol. The zero-order chi connectivity index (χ0) is 38.9. The highest BCUT2D eigenvalue weighted by molar-refractivity contribution is 6.29. The minimum absolute atomic E-state index is 0.962. The molecule has 0 saturated heterocycles. The number of nitrogens with zero attached hydrogens (tertiary/aromatic N) is 2. The molecule has 12 rings (SSSR count). The van der Waals surface area contributed by atoms with Crippen molar-refractivity contribution in [3.8, 4) is 50.5 Å². The molecule has 0 bridgehead atoms. The molecule has 0 aliphatic carbocycles.